The Morgan fingerprint density at radius 3 is 2.32 bits per heavy atom. The van der Waals surface area contributed by atoms with E-state index in [1.165, 1.54) is 0 Å². The summed E-state index contributed by atoms with van der Waals surface area (Å²) in [7, 11) is 0. The number of amides is 2. The number of carbonyl (C=O) groups excluding carboxylic acids is 2. The van der Waals surface area contributed by atoms with Gasteiger partial charge in [0.05, 0.1) is 0 Å². The van der Waals surface area contributed by atoms with Crippen molar-refractivity contribution in [2.24, 2.45) is 5.92 Å². The van der Waals surface area contributed by atoms with Gasteiger partial charge in [0.25, 0.3) is 5.91 Å². The highest BCUT2D eigenvalue weighted by Crippen LogP contribution is 2.18. The first kappa shape index (κ1) is 24.7. The molecule has 2 rings (SSSR count). The van der Waals surface area contributed by atoms with E-state index in [0.717, 1.165) is 16.7 Å². The smallest absolute Gasteiger partial charge is 0.261 e. The van der Waals surface area contributed by atoms with Gasteiger partial charge in [-0.3, -0.25) is 9.59 Å². The summed E-state index contributed by atoms with van der Waals surface area (Å²) in [6.07, 6.45) is 0.507. The van der Waals surface area contributed by atoms with E-state index in [-0.39, 0.29) is 18.4 Å². The van der Waals surface area contributed by atoms with E-state index in [1.54, 1.807) is 17.0 Å². The standard InChI is InChI=1S/C25H33ClN2O3/c1-6-23(25(30)27-14-17(2)3)28(15-20-8-10-21(26)11-9-20)24(29)16-31-22-12-7-18(4)19(5)13-22/h7-13,17,23H,6,14-16H2,1-5H3,(H,27,30)/t23-/m1/s1. The maximum absolute atomic E-state index is 13.2. The number of ether oxygens (including phenoxy) is 1. The molecular weight excluding hydrogens is 412 g/mol. The molecule has 0 aliphatic rings. The van der Waals surface area contributed by atoms with Gasteiger partial charge < -0.3 is 15.0 Å². The lowest BCUT2D eigenvalue weighted by Gasteiger charge is -2.31. The first-order valence-electron chi connectivity index (χ1n) is 10.7. The van der Waals surface area contributed by atoms with Crippen LogP contribution < -0.4 is 10.1 Å². The number of hydrogen-bond acceptors (Lipinski definition) is 3. The number of aryl methyl sites for hydroxylation is 2. The average Bonchev–Trinajstić information content (AvgIpc) is 2.74. The molecule has 0 saturated heterocycles. The zero-order valence-corrected chi connectivity index (χ0v) is 19.8. The van der Waals surface area contributed by atoms with Crippen LogP contribution in [0.3, 0.4) is 0 Å². The van der Waals surface area contributed by atoms with Gasteiger partial charge in [0, 0.05) is 18.1 Å². The van der Waals surface area contributed by atoms with E-state index >= 15 is 0 Å². The molecule has 0 radical (unpaired) electrons. The van der Waals surface area contributed by atoms with Crippen molar-refractivity contribution in [1.82, 2.24) is 10.2 Å². The van der Waals surface area contributed by atoms with Crippen molar-refractivity contribution < 1.29 is 14.3 Å². The third-order valence-electron chi connectivity index (χ3n) is 5.18. The second-order valence-electron chi connectivity index (χ2n) is 8.25. The van der Waals surface area contributed by atoms with E-state index < -0.39 is 6.04 Å². The fraction of sp³-hybridized carbons (Fsp3) is 0.440. The lowest BCUT2D eigenvalue weighted by atomic mass is 10.1. The Balaban J connectivity index is 2.19. The maximum atomic E-state index is 13.2. The number of nitrogens with one attached hydrogen (secondary N) is 1. The van der Waals surface area contributed by atoms with E-state index in [0.29, 0.717) is 36.2 Å². The molecule has 2 aromatic rings. The fourth-order valence-electron chi connectivity index (χ4n) is 3.16. The molecule has 0 aromatic heterocycles. The van der Waals surface area contributed by atoms with Crippen LogP contribution in [0.2, 0.25) is 5.02 Å². The van der Waals surface area contributed by atoms with Crippen molar-refractivity contribution in [2.45, 2.75) is 53.6 Å². The van der Waals surface area contributed by atoms with E-state index in [2.05, 4.69) is 5.32 Å². The monoisotopic (exact) mass is 444 g/mol. The molecule has 0 saturated carbocycles. The zero-order valence-electron chi connectivity index (χ0n) is 19.1. The molecular formula is C25H33ClN2O3. The number of carbonyl (C=O) groups is 2. The summed E-state index contributed by atoms with van der Waals surface area (Å²) in [5.74, 6) is 0.583. The molecule has 2 amide bonds. The van der Waals surface area contributed by atoms with Crippen LogP contribution in [0.25, 0.3) is 0 Å². The Morgan fingerprint density at radius 2 is 1.74 bits per heavy atom. The molecule has 0 unspecified atom stereocenters. The average molecular weight is 445 g/mol. The normalized spacial score (nSPS) is 11.8. The van der Waals surface area contributed by atoms with E-state index in [1.807, 2.05) is 65.0 Å². The molecule has 168 valence electrons. The van der Waals surface area contributed by atoms with Gasteiger partial charge in [-0.25, -0.2) is 0 Å². The Kier molecular flexibility index (Phi) is 9.38. The molecule has 0 fully saturated rings. The minimum atomic E-state index is -0.578. The second kappa shape index (κ2) is 11.8. The van der Waals surface area contributed by atoms with Crippen LogP contribution in [0.15, 0.2) is 42.5 Å². The predicted molar refractivity (Wildman–Crippen MR) is 125 cm³/mol. The van der Waals surface area contributed by atoms with Gasteiger partial charge in [0.1, 0.15) is 11.8 Å². The van der Waals surface area contributed by atoms with Crippen LogP contribution in [-0.4, -0.2) is 35.9 Å². The van der Waals surface area contributed by atoms with Crippen LogP contribution in [0.5, 0.6) is 5.75 Å². The molecule has 0 aliphatic carbocycles. The topological polar surface area (TPSA) is 58.6 Å². The summed E-state index contributed by atoms with van der Waals surface area (Å²) in [5.41, 5.74) is 3.16. The van der Waals surface area contributed by atoms with Crippen LogP contribution in [-0.2, 0) is 16.1 Å². The number of benzene rings is 2. The van der Waals surface area contributed by atoms with Crippen LogP contribution >= 0.6 is 11.6 Å². The van der Waals surface area contributed by atoms with Crippen molar-refractivity contribution >= 4 is 23.4 Å². The molecule has 2 aromatic carbocycles. The zero-order chi connectivity index (χ0) is 23.0. The van der Waals surface area contributed by atoms with Crippen molar-refractivity contribution in [3.05, 3.63) is 64.2 Å². The minimum Gasteiger partial charge on any atom is -0.484 e. The third-order valence-corrected chi connectivity index (χ3v) is 5.43. The van der Waals surface area contributed by atoms with Gasteiger partial charge >= 0.3 is 0 Å². The van der Waals surface area contributed by atoms with Crippen molar-refractivity contribution in [3.63, 3.8) is 0 Å². The molecule has 5 nitrogen and oxygen atoms in total. The SMILES string of the molecule is CC[C@H](C(=O)NCC(C)C)N(Cc1ccc(Cl)cc1)C(=O)COc1ccc(C)c(C)c1. The van der Waals surface area contributed by atoms with Gasteiger partial charge in [-0.15, -0.1) is 0 Å². The molecule has 0 heterocycles. The highest BCUT2D eigenvalue weighted by molar-refractivity contribution is 6.30. The van der Waals surface area contributed by atoms with Gasteiger partial charge in [-0.2, -0.15) is 0 Å². The third kappa shape index (κ3) is 7.59. The summed E-state index contributed by atoms with van der Waals surface area (Å²) in [4.78, 5) is 27.6. The first-order valence-corrected chi connectivity index (χ1v) is 11.1. The number of rotatable bonds is 10. The summed E-state index contributed by atoms with van der Waals surface area (Å²) in [6.45, 7) is 10.8. The minimum absolute atomic E-state index is 0.135. The Labute approximate surface area is 190 Å². The van der Waals surface area contributed by atoms with Gasteiger partial charge in [0.15, 0.2) is 6.61 Å². The molecule has 6 heteroatoms. The maximum Gasteiger partial charge on any atom is 0.261 e. The van der Waals surface area contributed by atoms with E-state index in [9.17, 15) is 9.59 Å². The lowest BCUT2D eigenvalue weighted by molar-refractivity contribution is -0.143. The summed E-state index contributed by atoms with van der Waals surface area (Å²) < 4.78 is 5.77. The first-order chi connectivity index (χ1) is 14.7. The molecule has 1 atom stereocenters. The largest absolute Gasteiger partial charge is 0.484 e. The Bertz CT molecular complexity index is 881. The number of hydrogen-bond donors (Lipinski definition) is 1. The summed E-state index contributed by atoms with van der Waals surface area (Å²) >= 11 is 6.00. The summed E-state index contributed by atoms with van der Waals surface area (Å²) in [5, 5.41) is 3.58. The molecule has 31 heavy (non-hydrogen) atoms. The Morgan fingerprint density at radius 1 is 1.06 bits per heavy atom. The lowest BCUT2D eigenvalue weighted by Crippen LogP contribution is -2.50. The second-order valence-corrected chi connectivity index (χ2v) is 8.68. The highest BCUT2D eigenvalue weighted by Gasteiger charge is 2.29. The quantitative estimate of drug-likeness (QED) is 0.566. The Hall–Kier alpha value is -2.53. The van der Waals surface area contributed by atoms with Gasteiger partial charge in [-0.1, -0.05) is 50.6 Å². The van der Waals surface area contributed by atoms with E-state index in [4.69, 9.17) is 16.3 Å². The molecule has 0 spiro atoms. The van der Waals surface area contributed by atoms with Crippen LogP contribution in [0.4, 0.5) is 0 Å². The molecule has 0 aliphatic heterocycles. The van der Waals surface area contributed by atoms with Crippen molar-refractivity contribution in [3.8, 4) is 5.75 Å². The van der Waals surface area contributed by atoms with Crippen LogP contribution in [0.1, 0.15) is 43.9 Å². The molecule has 0 bridgehead atoms. The number of nitrogens with zero attached hydrogens (tertiary/aromatic N) is 1. The van der Waals surface area contributed by atoms with Crippen LogP contribution in [0, 0.1) is 19.8 Å². The predicted octanol–water partition coefficient (Wildman–Crippen LogP) is 4.92. The van der Waals surface area contributed by atoms with Gasteiger partial charge in [-0.05, 0) is 67.1 Å². The van der Waals surface area contributed by atoms with Crippen molar-refractivity contribution in [2.75, 3.05) is 13.2 Å². The van der Waals surface area contributed by atoms with Crippen molar-refractivity contribution in [1.29, 1.82) is 0 Å². The highest BCUT2D eigenvalue weighted by atomic mass is 35.5. The fourth-order valence-corrected chi connectivity index (χ4v) is 3.29. The molecule has 1 N–H and O–H groups in total. The van der Waals surface area contributed by atoms with Gasteiger partial charge in [0.2, 0.25) is 5.91 Å². The summed E-state index contributed by atoms with van der Waals surface area (Å²) in [6, 6.07) is 12.5. The number of halogens is 1.